The van der Waals surface area contributed by atoms with Crippen molar-refractivity contribution in [3.63, 3.8) is 0 Å². The fourth-order valence-electron chi connectivity index (χ4n) is 2.14. The molecular formula is C14H7Cl2F2IN2. The third kappa shape index (κ3) is 2.62. The van der Waals surface area contributed by atoms with Crippen molar-refractivity contribution in [1.82, 2.24) is 9.55 Å². The first-order valence-corrected chi connectivity index (χ1v) is 7.88. The number of halogens is 5. The van der Waals surface area contributed by atoms with E-state index in [2.05, 4.69) is 4.98 Å². The molecule has 2 aromatic carbocycles. The second-order valence-electron chi connectivity index (χ2n) is 4.35. The van der Waals surface area contributed by atoms with Crippen LogP contribution in [0.1, 0.15) is 5.82 Å². The van der Waals surface area contributed by atoms with Crippen LogP contribution in [0.3, 0.4) is 0 Å². The van der Waals surface area contributed by atoms with Crippen molar-refractivity contribution in [3.05, 3.63) is 56.4 Å². The lowest BCUT2D eigenvalue weighted by Gasteiger charge is -2.10. The van der Waals surface area contributed by atoms with E-state index >= 15 is 0 Å². The highest BCUT2D eigenvalue weighted by atomic mass is 127. The normalized spacial score (nSPS) is 11.3. The van der Waals surface area contributed by atoms with Gasteiger partial charge in [-0.1, -0.05) is 11.6 Å². The van der Waals surface area contributed by atoms with Gasteiger partial charge in [-0.15, -0.1) is 11.6 Å². The molecule has 0 aliphatic heterocycles. The minimum absolute atomic E-state index is 0.00175. The fourth-order valence-corrected chi connectivity index (χ4v) is 3.20. The maximum Gasteiger partial charge on any atom is 0.144 e. The van der Waals surface area contributed by atoms with Gasteiger partial charge in [0.25, 0.3) is 0 Å². The Labute approximate surface area is 142 Å². The molecule has 0 saturated heterocycles. The van der Waals surface area contributed by atoms with Gasteiger partial charge in [-0.05, 0) is 46.9 Å². The van der Waals surface area contributed by atoms with E-state index in [4.69, 9.17) is 23.2 Å². The van der Waals surface area contributed by atoms with Gasteiger partial charge in [0.15, 0.2) is 0 Å². The molecule has 0 aliphatic carbocycles. The van der Waals surface area contributed by atoms with Crippen molar-refractivity contribution in [3.8, 4) is 5.69 Å². The number of aromatic nitrogens is 2. The molecule has 0 amide bonds. The van der Waals surface area contributed by atoms with Crippen LogP contribution >= 0.6 is 45.8 Å². The number of rotatable bonds is 2. The molecule has 3 aromatic rings. The van der Waals surface area contributed by atoms with Gasteiger partial charge in [0, 0.05) is 9.64 Å². The first-order chi connectivity index (χ1) is 10.0. The first-order valence-electron chi connectivity index (χ1n) is 5.89. The highest BCUT2D eigenvalue weighted by Gasteiger charge is 2.16. The van der Waals surface area contributed by atoms with Crippen LogP contribution in [0.25, 0.3) is 16.7 Å². The Kier molecular flexibility index (Phi) is 4.07. The van der Waals surface area contributed by atoms with Crippen molar-refractivity contribution in [2.24, 2.45) is 0 Å². The van der Waals surface area contributed by atoms with Gasteiger partial charge in [0.1, 0.15) is 17.5 Å². The van der Waals surface area contributed by atoms with E-state index in [-0.39, 0.29) is 16.7 Å². The molecule has 0 bridgehead atoms. The Morgan fingerprint density at radius 1 is 1.19 bits per heavy atom. The van der Waals surface area contributed by atoms with Gasteiger partial charge in [0.2, 0.25) is 0 Å². The van der Waals surface area contributed by atoms with Gasteiger partial charge in [-0.3, -0.25) is 4.57 Å². The number of nitrogens with zero attached hydrogens (tertiary/aromatic N) is 2. The molecule has 0 spiro atoms. The van der Waals surface area contributed by atoms with Crippen LogP contribution in [0.15, 0.2) is 30.3 Å². The third-order valence-electron chi connectivity index (χ3n) is 3.04. The van der Waals surface area contributed by atoms with Crippen LogP contribution in [0, 0.1) is 15.2 Å². The fraction of sp³-hybridized carbons (Fsp3) is 0.0714. The van der Waals surface area contributed by atoms with Crippen LogP contribution in [0.5, 0.6) is 0 Å². The van der Waals surface area contributed by atoms with E-state index in [1.807, 2.05) is 22.6 Å². The number of fused-ring (bicyclic) bond motifs is 1. The maximum atomic E-state index is 13.6. The number of benzene rings is 2. The second kappa shape index (κ2) is 5.70. The monoisotopic (exact) mass is 438 g/mol. The Morgan fingerprint density at radius 3 is 2.62 bits per heavy atom. The molecule has 0 atom stereocenters. The van der Waals surface area contributed by atoms with E-state index in [0.29, 0.717) is 20.4 Å². The maximum absolute atomic E-state index is 13.6. The summed E-state index contributed by atoms with van der Waals surface area (Å²) in [6.45, 7) is 0. The second-order valence-corrected chi connectivity index (χ2v) is 6.18. The molecule has 3 rings (SSSR count). The molecule has 0 N–H and O–H groups in total. The number of imidazole rings is 1. The smallest absolute Gasteiger partial charge is 0.144 e. The lowest BCUT2D eigenvalue weighted by atomic mass is 10.2. The molecule has 0 saturated carbocycles. The van der Waals surface area contributed by atoms with E-state index in [9.17, 15) is 8.78 Å². The Morgan fingerprint density at radius 2 is 1.95 bits per heavy atom. The van der Waals surface area contributed by atoms with Gasteiger partial charge in [0.05, 0.1) is 27.6 Å². The molecule has 0 radical (unpaired) electrons. The summed E-state index contributed by atoms with van der Waals surface area (Å²) in [5.74, 6) is -0.188. The predicted molar refractivity (Wildman–Crippen MR) is 88.3 cm³/mol. The van der Waals surface area contributed by atoms with Crippen LogP contribution in [0.2, 0.25) is 5.02 Å². The Hall–Kier alpha value is -0.920. The van der Waals surface area contributed by atoms with Crippen molar-refractivity contribution in [1.29, 1.82) is 0 Å². The molecule has 108 valence electrons. The van der Waals surface area contributed by atoms with Gasteiger partial charge in [-0.2, -0.15) is 0 Å². The summed E-state index contributed by atoms with van der Waals surface area (Å²) in [5, 5.41) is 0.00175. The quantitative estimate of drug-likeness (QED) is 0.392. The van der Waals surface area contributed by atoms with E-state index in [1.54, 1.807) is 10.6 Å². The average Bonchev–Trinajstić information content (AvgIpc) is 2.77. The van der Waals surface area contributed by atoms with Crippen molar-refractivity contribution < 1.29 is 8.78 Å². The standard InChI is InChI=1S/C14H7Cl2F2IN2/c15-6-14-20-11-5-9(18)8(16)4-13(11)21(14)12-2-1-7(17)3-10(12)19/h1-5H,6H2. The average molecular weight is 439 g/mol. The third-order valence-corrected chi connectivity index (χ3v) is 4.43. The van der Waals surface area contributed by atoms with Gasteiger partial charge in [-0.25, -0.2) is 13.8 Å². The Bertz CT molecular complexity index is 849. The highest BCUT2D eigenvalue weighted by Crippen LogP contribution is 2.29. The summed E-state index contributed by atoms with van der Waals surface area (Å²) in [6.07, 6.45) is 0. The number of hydrogen-bond donors (Lipinski definition) is 0. The van der Waals surface area contributed by atoms with Crippen LogP contribution in [-0.2, 0) is 5.88 Å². The molecule has 7 heteroatoms. The van der Waals surface area contributed by atoms with Crippen LogP contribution in [0.4, 0.5) is 8.78 Å². The van der Waals surface area contributed by atoms with Crippen LogP contribution in [-0.4, -0.2) is 9.55 Å². The van der Waals surface area contributed by atoms with Gasteiger partial charge >= 0.3 is 0 Å². The van der Waals surface area contributed by atoms with E-state index in [1.165, 1.54) is 24.3 Å². The molecule has 21 heavy (non-hydrogen) atoms. The largest absolute Gasteiger partial charge is 0.294 e. The summed E-state index contributed by atoms with van der Waals surface area (Å²) in [4.78, 5) is 4.31. The topological polar surface area (TPSA) is 17.8 Å². The van der Waals surface area contributed by atoms with Crippen LogP contribution < -0.4 is 0 Å². The molecular weight excluding hydrogens is 432 g/mol. The lowest BCUT2D eigenvalue weighted by molar-refractivity contribution is 0.626. The summed E-state index contributed by atoms with van der Waals surface area (Å²) in [6, 6.07) is 7.15. The minimum atomic E-state index is -0.538. The molecule has 1 aromatic heterocycles. The van der Waals surface area contributed by atoms with Crippen molar-refractivity contribution in [2.75, 3.05) is 0 Å². The first kappa shape index (κ1) is 15.0. The van der Waals surface area contributed by atoms with Crippen molar-refractivity contribution >= 4 is 56.8 Å². The zero-order chi connectivity index (χ0) is 15.1. The molecule has 0 aliphatic rings. The minimum Gasteiger partial charge on any atom is -0.294 e. The zero-order valence-corrected chi connectivity index (χ0v) is 14.0. The van der Waals surface area contributed by atoms with Gasteiger partial charge < -0.3 is 0 Å². The Balaban J connectivity index is 2.37. The molecule has 0 fully saturated rings. The highest BCUT2D eigenvalue weighted by molar-refractivity contribution is 14.1. The summed E-state index contributed by atoms with van der Waals surface area (Å²) < 4.78 is 29.3. The zero-order valence-electron chi connectivity index (χ0n) is 10.4. The lowest BCUT2D eigenvalue weighted by Crippen LogP contribution is -2.02. The van der Waals surface area contributed by atoms with E-state index in [0.717, 1.165) is 5.69 Å². The molecule has 0 unspecified atom stereocenters. The van der Waals surface area contributed by atoms with Crippen molar-refractivity contribution in [2.45, 2.75) is 5.88 Å². The van der Waals surface area contributed by atoms with E-state index < -0.39 is 5.82 Å². The SMILES string of the molecule is Fc1ccc(-n2c(CCl)nc3cc(F)c(Cl)cc32)c(I)c1. The molecule has 1 heterocycles. The molecule has 2 nitrogen and oxygen atoms in total. The number of hydrogen-bond acceptors (Lipinski definition) is 1. The summed E-state index contributed by atoms with van der Waals surface area (Å²) in [5.41, 5.74) is 1.80. The number of alkyl halides is 1. The summed E-state index contributed by atoms with van der Waals surface area (Å²) in [7, 11) is 0. The summed E-state index contributed by atoms with van der Waals surface area (Å²) >= 11 is 13.8. The predicted octanol–water partition coefficient (Wildman–Crippen LogP) is 5.30.